The molecule has 0 aromatic heterocycles. The first kappa shape index (κ1) is 17.6. The van der Waals surface area contributed by atoms with Gasteiger partial charge in [-0.2, -0.15) is 11.5 Å². The Bertz CT molecular complexity index is 197. The molecule has 0 heterocycles. The predicted molar refractivity (Wildman–Crippen MR) is 48.6 cm³/mol. The van der Waals surface area contributed by atoms with E-state index in [9.17, 15) is 0 Å². The molecule has 0 unspecified atom stereocenters. The van der Waals surface area contributed by atoms with Crippen LogP contribution in [0.15, 0.2) is 24.3 Å². The summed E-state index contributed by atoms with van der Waals surface area (Å²) >= 11 is 9.78. The molecule has 0 bridgehead atoms. The van der Waals surface area contributed by atoms with Gasteiger partial charge in [0, 0.05) is 0 Å². The van der Waals surface area contributed by atoms with Crippen molar-refractivity contribution >= 4 is 25.3 Å². The smallest absolute Gasteiger partial charge is 0.788 e. The van der Waals surface area contributed by atoms with Gasteiger partial charge in [-0.05, 0) is 0 Å². The summed E-state index contributed by atoms with van der Waals surface area (Å²) < 4.78 is 0. The minimum Gasteiger partial charge on any atom is -0.788 e. The van der Waals surface area contributed by atoms with Gasteiger partial charge in [-0.1, -0.05) is 35.4 Å². The first-order valence-corrected chi connectivity index (χ1v) is 4.26. The molecular weight excluding hydrogens is 238 g/mol. The van der Waals surface area contributed by atoms with E-state index in [2.05, 4.69) is 6.07 Å². The molecule has 0 nitrogen and oxygen atoms in total. The summed E-state index contributed by atoms with van der Waals surface area (Å²) in [5, 5.41) is 0. The Balaban J connectivity index is 0. The monoisotopic (exact) mass is 246 g/mol. The minimum atomic E-state index is 0. The van der Waals surface area contributed by atoms with E-state index in [0.29, 0.717) is 11.5 Å². The third-order valence-corrected chi connectivity index (χ3v) is 1.99. The van der Waals surface area contributed by atoms with Gasteiger partial charge < -0.3 is 25.3 Å². The van der Waals surface area contributed by atoms with Gasteiger partial charge in [0.2, 0.25) is 0 Å². The summed E-state index contributed by atoms with van der Waals surface area (Å²) in [4.78, 5) is 0. The van der Waals surface area contributed by atoms with Gasteiger partial charge in [0.15, 0.2) is 0 Å². The molecule has 0 aliphatic rings. The molecule has 0 radical (unpaired) electrons. The van der Waals surface area contributed by atoms with Crippen LogP contribution in [0.2, 0.25) is 0 Å². The van der Waals surface area contributed by atoms with Crippen LogP contribution in [0.5, 0.6) is 0 Å². The van der Waals surface area contributed by atoms with E-state index in [1.165, 1.54) is 11.1 Å². The molecule has 1 rings (SSSR count). The van der Waals surface area contributed by atoms with E-state index in [4.69, 9.17) is 25.3 Å². The molecule has 0 N–H and O–H groups in total. The standard InChI is InChI=1S/C8H10S2.2K/c9-5-7-2-1-3-8(4-7)6-10;;/h1-4,9-10H,5-6H2;;/q;2*+1/p-2. The molecule has 54 valence electrons. The van der Waals surface area contributed by atoms with Crippen molar-refractivity contribution in [1.29, 1.82) is 0 Å². The van der Waals surface area contributed by atoms with Crippen LogP contribution < -0.4 is 103 Å². The van der Waals surface area contributed by atoms with Crippen molar-refractivity contribution in [2.24, 2.45) is 0 Å². The molecule has 0 aliphatic carbocycles. The van der Waals surface area contributed by atoms with Crippen molar-refractivity contribution in [1.82, 2.24) is 0 Å². The van der Waals surface area contributed by atoms with Crippen LogP contribution in [0.4, 0.5) is 0 Å². The first-order chi connectivity index (χ1) is 4.86. The molecule has 4 heteroatoms. The second kappa shape index (κ2) is 10.7. The maximum atomic E-state index is 4.89. The zero-order valence-corrected chi connectivity index (χ0v) is 15.4. The van der Waals surface area contributed by atoms with E-state index in [1.807, 2.05) is 18.2 Å². The molecule has 0 saturated heterocycles. The Morgan fingerprint density at radius 2 is 1.33 bits per heavy atom. The third kappa shape index (κ3) is 6.64. The summed E-state index contributed by atoms with van der Waals surface area (Å²) in [6, 6.07) is 8.13. The van der Waals surface area contributed by atoms with Crippen LogP contribution in [0.1, 0.15) is 11.1 Å². The number of hydrogen-bond acceptors (Lipinski definition) is 2. The Morgan fingerprint density at radius 3 is 1.67 bits per heavy atom. The van der Waals surface area contributed by atoms with Crippen molar-refractivity contribution in [2.45, 2.75) is 11.5 Å². The van der Waals surface area contributed by atoms with Gasteiger partial charge >= 0.3 is 103 Å². The van der Waals surface area contributed by atoms with Gasteiger partial charge in [0.25, 0.3) is 0 Å². The van der Waals surface area contributed by atoms with Crippen molar-refractivity contribution < 1.29 is 103 Å². The van der Waals surface area contributed by atoms with Gasteiger partial charge in [-0.25, -0.2) is 0 Å². The summed E-state index contributed by atoms with van der Waals surface area (Å²) in [5.74, 6) is 1.37. The number of hydrogen-bond donors (Lipinski definition) is 0. The normalized spacial score (nSPS) is 8.17. The van der Waals surface area contributed by atoms with Crippen LogP contribution in [-0.4, -0.2) is 0 Å². The SMILES string of the molecule is [K+].[K+].[S-]Cc1cccc(C[S-])c1. The van der Waals surface area contributed by atoms with Gasteiger partial charge in [0.05, 0.1) is 0 Å². The zero-order chi connectivity index (χ0) is 7.40. The largest absolute Gasteiger partial charge is 1.00 e. The van der Waals surface area contributed by atoms with E-state index >= 15 is 0 Å². The Hall–Kier alpha value is 3.19. The molecule has 1 aromatic rings. The topological polar surface area (TPSA) is 0 Å². The molecule has 0 spiro atoms. The Morgan fingerprint density at radius 1 is 0.917 bits per heavy atom. The van der Waals surface area contributed by atoms with Crippen molar-refractivity contribution in [2.75, 3.05) is 0 Å². The second-order valence-electron chi connectivity index (χ2n) is 2.11. The maximum absolute atomic E-state index is 4.89. The Kier molecular flexibility index (Phi) is 15.7. The average molecular weight is 246 g/mol. The molecule has 12 heavy (non-hydrogen) atoms. The fourth-order valence-corrected chi connectivity index (χ4v) is 1.17. The van der Waals surface area contributed by atoms with Crippen LogP contribution >= 0.6 is 0 Å². The third-order valence-electron chi connectivity index (χ3n) is 1.32. The molecule has 0 saturated carbocycles. The fraction of sp³-hybridized carbons (Fsp3) is 0.250. The van der Waals surface area contributed by atoms with Crippen molar-refractivity contribution in [3.63, 3.8) is 0 Å². The van der Waals surface area contributed by atoms with Gasteiger partial charge in [0.1, 0.15) is 0 Å². The molecule has 0 fully saturated rings. The van der Waals surface area contributed by atoms with E-state index in [0.717, 1.165) is 0 Å². The van der Waals surface area contributed by atoms with Crippen LogP contribution in [0.25, 0.3) is 0 Å². The van der Waals surface area contributed by atoms with E-state index < -0.39 is 0 Å². The predicted octanol–water partition coefficient (Wildman–Crippen LogP) is -4.21. The molecule has 0 aliphatic heterocycles. The number of benzene rings is 1. The van der Waals surface area contributed by atoms with Gasteiger partial charge in [-0.3, -0.25) is 0 Å². The summed E-state index contributed by atoms with van der Waals surface area (Å²) in [6.45, 7) is 0. The van der Waals surface area contributed by atoms with Crippen molar-refractivity contribution in [3.8, 4) is 0 Å². The zero-order valence-electron chi connectivity index (χ0n) is 7.54. The summed E-state index contributed by atoms with van der Waals surface area (Å²) in [5.41, 5.74) is 2.38. The summed E-state index contributed by atoms with van der Waals surface area (Å²) in [6.07, 6.45) is 0. The van der Waals surface area contributed by atoms with Crippen molar-refractivity contribution in [3.05, 3.63) is 35.4 Å². The molecule has 0 atom stereocenters. The second-order valence-corrected chi connectivity index (χ2v) is 2.69. The van der Waals surface area contributed by atoms with Gasteiger partial charge in [-0.15, -0.1) is 0 Å². The van der Waals surface area contributed by atoms with Crippen LogP contribution in [0, 0.1) is 0 Å². The average Bonchev–Trinajstić information content (AvgIpc) is 2.05. The van der Waals surface area contributed by atoms with Crippen LogP contribution in [-0.2, 0) is 36.8 Å². The van der Waals surface area contributed by atoms with E-state index in [1.54, 1.807) is 0 Å². The maximum Gasteiger partial charge on any atom is 1.00 e. The first-order valence-electron chi connectivity index (χ1n) is 3.11. The number of rotatable bonds is 2. The van der Waals surface area contributed by atoms with Crippen LogP contribution in [0.3, 0.4) is 0 Å². The fourth-order valence-electron chi connectivity index (χ4n) is 0.809. The Labute approximate surface area is 170 Å². The molecule has 1 aromatic carbocycles. The quantitative estimate of drug-likeness (QED) is 0.383. The molecule has 0 amide bonds. The summed E-state index contributed by atoms with van der Waals surface area (Å²) in [7, 11) is 0. The molecular formula is C8H8K2S2. The van der Waals surface area contributed by atoms with E-state index in [-0.39, 0.29) is 103 Å². The minimum absolute atomic E-state index is 0.